The first kappa shape index (κ1) is 16.4. The second-order valence-corrected chi connectivity index (χ2v) is 5.28. The van der Waals surface area contributed by atoms with Gasteiger partial charge in [-0.05, 0) is 12.1 Å². The van der Waals surface area contributed by atoms with Crippen LogP contribution in [-0.2, 0) is 4.79 Å². The van der Waals surface area contributed by atoms with Crippen molar-refractivity contribution in [3.63, 3.8) is 0 Å². The van der Waals surface area contributed by atoms with E-state index < -0.39 is 24.0 Å². The largest absolute Gasteiger partial charge is 0.478 e. The Bertz CT molecular complexity index is 537. The van der Waals surface area contributed by atoms with Gasteiger partial charge < -0.3 is 21.1 Å². The average molecular weight is 303 g/mol. The molecule has 0 aliphatic rings. The number of nitrogens with two attached hydrogens (primary N) is 1. The molecule has 0 fully saturated rings. The van der Waals surface area contributed by atoms with E-state index in [1.165, 1.54) is 6.92 Å². The maximum absolute atomic E-state index is 13.7. The summed E-state index contributed by atoms with van der Waals surface area (Å²) in [5.41, 5.74) is 4.32. The van der Waals surface area contributed by atoms with Crippen LogP contribution in [0.15, 0.2) is 12.1 Å². The second kappa shape index (κ2) is 6.69. The predicted octanol–water partition coefficient (Wildman–Crippen LogP) is 0.780. The van der Waals surface area contributed by atoms with Gasteiger partial charge in [0.25, 0.3) is 0 Å². The number of hydrogen-bond donors (Lipinski definition) is 4. The molecule has 6 nitrogen and oxygen atoms in total. The highest BCUT2D eigenvalue weighted by Gasteiger charge is 2.24. The Labute approximate surface area is 118 Å². The Kier molecular flexibility index (Phi) is 5.49. The van der Waals surface area contributed by atoms with Crippen LogP contribution in [0.1, 0.15) is 28.9 Å². The minimum Gasteiger partial charge on any atom is -0.478 e. The Morgan fingerprint density at radius 3 is 2.50 bits per heavy atom. The van der Waals surface area contributed by atoms with E-state index in [1.807, 2.05) is 0 Å². The molecule has 1 aromatic carbocycles. The number of halogens is 1. The molecule has 20 heavy (non-hydrogen) atoms. The third kappa shape index (κ3) is 3.92. The number of benzene rings is 1. The standard InChI is InChI=1S/C12H14FNO5S/c1-5(15)20-4-10(16)11(17)6-2-7(12(18)19)9(14)3-8(6)13/h2-3,10-11,16-17H,4,14H2,1H3,(H,18,19). The van der Waals surface area contributed by atoms with Crippen molar-refractivity contribution in [2.45, 2.75) is 19.1 Å². The number of rotatable bonds is 5. The Balaban J connectivity index is 3.02. The molecule has 0 bridgehead atoms. The molecular formula is C12H14FNO5S. The lowest BCUT2D eigenvalue weighted by molar-refractivity contribution is -0.109. The predicted molar refractivity (Wildman–Crippen MR) is 71.9 cm³/mol. The smallest absolute Gasteiger partial charge is 0.337 e. The number of thioether (sulfide) groups is 1. The first-order chi connectivity index (χ1) is 9.23. The van der Waals surface area contributed by atoms with E-state index in [-0.39, 0.29) is 27.7 Å². The van der Waals surface area contributed by atoms with Crippen molar-refractivity contribution in [1.82, 2.24) is 0 Å². The summed E-state index contributed by atoms with van der Waals surface area (Å²) in [6.45, 7) is 1.29. The summed E-state index contributed by atoms with van der Waals surface area (Å²) in [5, 5.41) is 28.1. The number of aliphatic hydroxyl groups excluding tert-OH is 2. The minimum atomic E-state index is -1.65. The number of carboxylic acids is 1. The van der Waals surface area contributed by atoms with E-state index in [0.717, 1.165) is 23.9 Å². The molecular weight excluding hydrogens is 289 g/mol. The molecule has 110 valence electrons. The summed E-state index contributed by atoms with van der Waals surface area (Å²) >= 11 is 0.770. The lowest BCUT2D eigenvalue weighted by Gasteiger charge is -2.18. The molecule has 0 heterocycles. The lowest BCUT2D eigenvalue weighted by atomic mass is 10.0. The van der Waals surface area contributed by atoms with Gasteiger partial charge in [0.1, 0.15) is 11.9 Å². The van der Waals surface area contributed by atoms with Gasteiger partial charge in [0, 0.05) is 23.9 Å². The molecule has 0 aliphatic carbocycles. The van der Waals surface area contributed by atoms with Crippen LogP contribution in [0.5, 0.6) is 0 Å². The van der Waals surface area contributed by atoms with E-state index in [1.54, 1.807) is 0 Å². The maximum Gasteiger partial charge on any atom is 0.337 e. The topological polar surface area (TPSA) is 121 Å². The van der Waals surface area contributed by atoms with Crippen molar-refractivity contribution in [1.29, 1.82) is 0 Å². The molecule has 0 saturated heterocycles. The Morgan fingerprint density at radius 1 is 1.40 bits per heavy atom. The number of aromatic carboxylic acids is 1. The number of anilines is 1. The van der Waals surface area contributed by atoms with Gasteiger partial charge >= 0.3 is 5.97 Å². The van der Waals surface area contributed by atoms with Gasteiger partial charge in [0.2, 0.25) is 0 Å². The normalized spacial score (nSPS) is 13.8. The summed E-state index contributed by atoms with van der Waals surface area (Å²) in [7, 11) is 0. The van der Waals surface area contributed by atoms with Gasteiger partial charge in [0.05, 0.1) is 11.7 Å². The molecule has 0 radical (unpaired) electrons. The number of carbonyl (C=O) groups excluding carboxylic acids is 1. The molecule has 0 spiro atoms. The van der Waals surface area contributed by atoms with Gasteiger partial charge in [-0.1, -0.05) is 11.8 Å². The van der Waals surface area contributed by atoms with Gasteiger partial charge in [0.15, 0.2) is 5.12 Å². The van der Waals surface area contributed by atoms with E-state index in [9.17, 15) is 24.2 Å². The van der Waals surface area contributed by atoms with Crippen molar-refractivity contribution in [2.24, 2.45) is 0 Å². The third-order valence-corrected chi connectivity index (χ3v) is 3.45. The zero-order chi connectivity index (χ0) is 15.4. The van der Waals surface area contributed by atoms with Crippen molar-refractivity contribution in [3.05, 3.63) is 29.1 Å². The van der Waals surface area contributed by atoms with E-state index in [4.69, 9.17) is 10.8 Å². The fourth-order valence-corrected chi connectivity index (χ4v) is 2.11. The summed E-state index contributed by atoms with van der Waals surface area (Å²) in [6.07, 6.45) is -3.07. The van der Waals surface area contributed by atoms with E-state index >= 15 is 0 Å². The first-order valence-electron chi connectivity index (χ1n) is 5.55. The van der Waals surface area contributed by atoms with Crippen LogP contribution in [-0.4, -0.2) is 38.3 Å². The third-order valence-electron chi connectivity index (χ3n) is 2.54. The number of aliphatic hydroxyl groups is 2. The average Bonchev–Trinajstić information content (AvgIpc) is 2.34. The highest BCUT2D eigenvalue weighted by Crippen LogP contribution is 2.26. The molecule has 1 aromatic rings. The van der Waals surface area contributed by atoms with Crippen LogP contribution in [0.3, 0.4) is 0 Å². The van der Waals surface area contributed by atoms with Crippen molar-refractivity contribution in [3.8, 4) is 0 Å². The summed E-state index contributed by atoms with van der Waals surface area (Å²) < 4.78 is 13.7. The highest BCUT2D eigenvalue weighted by atomic mass is 32.2. The van der Waals surface area contributed by atoms with E-state index in [2.05, 4.69) is 0 Å². The fourth-order valence-electron chi connectivity index (χ4n) is 1.52. The van der Waals surface area contributed by atoms with E-state index in [0.29, 0.717) is 0 Å². The van der Waals surface area contributed by atoms with Crippen LogP contribution < -0.4 is 5.73 Å². The van der Waals surface area contributed by atoms with Gasteiger partial charge in [-0.2, -0.15) is 0 Å². The zero-order valence-corrected chi connectivity index (χ0v) is 11.4. The SMILES string of the molecule is CC(=O)SCC(O)C(O)c1cc(C(=O)O)c(N)cc1F. The van der Waals surface area contributed by atoms with Crippen LogP contribution in [0.25, 0.3) is 0 Å². The zero-order valence-electron chi connectivity index (χ0n) is 10.5. The molecule has 0 aromatic heterocycles. The summed E-state index contributed by atoms with van der Waals surface area (Å²) in [5.74, 6) is -2.43. The molecule has 0 aliphatic heterocycles. The van der Waals surface area contributed by atoms with Gasteiger partial charge in [-0.15, -0.1) is 0 Å². The molecule has 8 heteroatoms. The van der Waals surface area contributed by atoms with Crippen LogP contribution in [0.4, 0.5) is 10.1 Å². The fraction of sp³-hybridized carbons (Fsp3) is 0.333. The van der Waals surface area contributed by atoms with Crippen LogP contribution in [0.2, 0.25) is 0 Å². The summed E-state index contributed by atoms with van der Waals surface area (Å²) in [6, 6.07) is 1.65. The molecule has 1 rings (SSSR count). The van der Waals surface area contributed by atoms with Crippen LogP contribution >= 0.6 is 11.8 Å². The second-order valence-electron chi connectivity index (χ2n) is 4.08. The quantitative estimate of drug-likeness (QED) is 0.593. The molecule has 0 saturated carbocycles. The molecule has 5 N–H and O–H groups in total. The van der Waals surface area contributed by atoms with Gasteiger partial charge in [-0.3, -0.25) is 4.79 Å². The molecule has 0 amide bonds. The van der Waals surface area contributed by atoms with Crippen molar-refractivity contribution >= 4 is 28.5 Å². The number of carboxylic acid groups (broad SMARTS) is 1. The summed E-state index contributed by atoms with van der Waals surface area (Å²) in [4.78, 5) is 21.7. The number of hydrogen-bond acceptors (Lipinski definition) is 6. The molecule has 2 unspecified atom stereocenters. The Morgan fingerprint density at radius 2 is 2.00 bits per heavy atom. The van der Waals surface area contributed by atoms with Crippen molar-refractivity contribution < 1.29 is 29.3 Å². The van der Waals surface area contributed by atoms with Gasteiger partial charge in [-0.25, -0.2) is 9.18 Å². The van der Waals surface area contributed by atoms with Crippen molar-refractivity contribution in [2.75, 3.05) is 11.5 Å². The number of carbonyl (C=O) groups is 2. The minimum absolute atomic E-state index is 0.136. The molecule has 2 atom stereocenters. The first-order valence-corrected chi connectivity index (χ1v) is 6.54. The monoisotopic (exact) mass is 303 g/mol. The lowest BCUT2D eigenvalue weighted by Crippen LogP contribution is -2.23. The van der Waals surface area contributed by atoms with Crippen LogP contribution in [0, 0.1) is 5.82 Å². The maximum atomic E-state index is 13.7. The number of nitrogen functional groups attached to an aromatic ring is 1. The Hall–Kier alpha value is -1.64. The highest BCUT2D eigenvalue weighted by molar-refractivity contribution is 8.13.